The van der Waals surface area contributed by atoms with Crippen molar-refractivity contribution in [1.82, 2.24) is 9.38 Å². The molecule has 1 aliphatic heterocycles. The summed E-state index contributed by atoms with van der Waals surface area (Å²) in [5, 5.41) is 0. The van der Waals surface area contributed by atoms with Crippen LogP contribution in [0.4, 0.5) is 0 Å². The van der Waals surface area contributed by atoms with Crippen LogP contribution in [0.5, 0.6) is 5.88 Å². The van der Waals surface area contributed by atoms with Gasteiger partial charge in [-0.05, 0) is 40.9 Å². The van der Waals surface area contributed by atoms with Crippen molar-refractivity contribution >= 4 is 21.6 Å². The molecular formula is C14H15BrN2O3. The van der Waals surface area contributed by atoms with Crippen molar-refractivity contribution in [2.75, 3.05) is 19.8 Å². The predicted octanol–water partition coefficient (Wildman–Crippen LogP) is 2.26. The van der Waals surface area contributed by atoms with Crippen molar-refractivity contribution in [1.29, 1.82) is 0 Å². The van der Waals surface area contributed by atoms with Crippen LogP contribution < -0.4 is 10.3 Å². The molecule has 2 aromatic heterocycles. The van der Waals surface area contributed by atoms with Crippen LogP contribution in [0, 0.1) is 5.92 Å². The number of aromatic nitrogens is 2. The van der Waals surface area contributed by atoms with Crippen molar-refractivity contribution in [3.05, 3.63) is 39.2 Å². The molecule has 0 aliphatic carbocycles. The molecule has 0 bridgehead atoms. The average molecular weight is 339 g/mol. The Morgan fingerprint density at radius 3 is 3.20 bits per heavy atom. The zero-order valence-electron chi connectivity index (χ0n) is 10.9. The van der Waals surface area contributed by atoms with Gasteiger partial charge in [-0.2, -0.15) is 4.98 Å². The molecule has 3 rings (SSSR count). The van der Waals surface area contributed by atoms with E-state index in [1.165, 1.54) is 10.5 Å². The molecule has 1 atom stereocenters. The topological polar surface area (TPSA) is 52.8 Å². The van der Waals surface area contributed by atoms with Crippen molar-refractivity contribution < 1.29 is 9.47 Å². The van der Waals surface area contributed by atoms with Gasteiger partial charge in [0.15, 0.2) is 0 Å². The van der Waals surface area contributed by atoms with E-state index >= 15 is 0 Å². The van der Waals surface area contributed by atoms with Crippen LogP contribution in [0.2, 0.25) is 0 Å². The Kier molecular flexibility index (Phi) is 4.03. The molecule has 0 amide bonds. The molecule has 2 aromatic rings. The van der Waals surface area contributed by atoms with Crippen LogP contribution in [0.15, 0.2) is 33.7 Å². The second-order valence-corrected chi connectivity index (χ2v) is 5.82. The fraction of sp³-hybridized carbons (Fsp3) is 0.429. The molecule has 106 valence electrons. The highest BCUT2D eigenvalue weighted by atomic mass is 79.9. The third-order valence-corrected chi connectivity index (χ3v) is 3.79. The lowest BCUT2D eigenvalue weighted by Gasteiger charge is -2.21. The SMILES string of the molecule is O=c1cc(OCC2CCCOC2)nc2ccc(Br)cn12. The lowest BCUT2D eigenvalue weighted by molar-refractivity contribution is 0.0344. The van der Waals surface area contributed by atoms with Gasteiger partial charge >= 0.3 is 0 Å². The number of hydrogen-bond acceptors (Lipinski definition) is 4. The highest BCUT2D eigenvalue weighted by Gasteiger charge is 2.15. The largest absolute Gasteiger partial charge is 0.477 e. The van der Waals surface area contributed by atoms with Gasteiger partial charge in [-0.1, -0.05) is 0 Å². The monoisotopic (exact) mass is 338 g/mol. The predicted molar refractivity (Wildman–Crippen MR) is 78.2 cm³/mol. The van der Waals surface area contributed by atoms with Crippen LogP contribution >= 0.6 is 15.9 Å². The molecule has 0 aromatic carbocycles. The quantitative estimate of drug-likeness (QED) is 0.861. The Morgan fingerprint density at radius 1 is 1.50 bits per heavy atom. The molecule has 1 fully saturated rings. The van der Waals surface area contributed by atoms with Crippen molar-refractivity contribution in [3.8, 4) is 5.88 Å². The Morgan fingerprint density at radius 2 is 2.40 bits per heavy atom. The zero-order chi connectivity index (χ0) is 13.9. The van der Waals surface area contributed by atoms with Gasteiger partial charge in [0.1, 0.15) is 5.65 Å². The summed E-state index contributed by atoms with van der Waals surface area (Å²) >= 11 is 3.34. The molecule has 0 N–H and O–H groups in total. The van der Waals surface area contributed by atoms with Gasteiger partial charge in [0, 0.05) is 23.2 Å². The van der Waals surface area contributed by atoms with Gasteiger partial charge < -0.3 is 9.47 Å². The average Bonchev–Trinajstić information content (AvgIpc) is 2.47. The minimum absolute atomic E-state index is 0.147. The summed E-state index contributed by atoms with van der Waals surface area (Å²) in [5.74, 6) is 0.761. The first-order valence-corrected chi connectivity index (χ1v) is 7.41. The Bertz CT molecular complexity index is 665. The van der Waals surface area contributed by atoms with Crippen LogP contribution in [-0.4, -0.2) is 29.2 Å². The normalized spacial score (nSPS) is 19.1. The summed E-state index contributed by atoms with van der Waals surface area (Å²) in [6, 6.07) is 5.05. The molecule has 0 radical (unpaired) electrons. The van der Waals surface area contributed by atoms with Crippen molar-refractivity contribution in [3.63, 3.8) is 0 Å². The van der Waals surface area contributed by atoms with E-state index in [4.69, 9.17) is 9.47 Å². The molecule has 1 aliphatic rings. The molecule has 20 heavy (non-hydrogen) atoms. The van der Waals surface area contributed by atoms with E-state index in [0.717, 1.165) is 30.5 Å². The first-order valence-electron chi connectivity index (χ1n) is 6.62. The molecule has 0 saturated carbocycles. The van der Waals surface area contributed by atoms with E-state index in [1.807, 2.05) is 6.07 Å². The van der Waals surface area contributed by atoms with E-state index in [9.17, 15) is 4.79 Å². The summed E-state index contributed by atoms with van der Waals surface area (Å²) in [6.45, 7) is 2.10. The molecule has 5 nitrogen and oxygen atoms in total. The second-order valence-electron chi connectivity index (χ2n) is 4.90. The van der Waals surface area contributed by atoms with Crippen LogP contribution in [0.3, 0.4) is 0 Å². The van der Waals surface area contributed by atoms with E-state index in [-0.39, 0.29) is 5.56 Å². The molecule has 1 unspecified atom stereocenters. The number of hydrogen-bond donors (Lipinski definition) is 0. The van der Waals surface area contributed by atoms with E-state index < -0.39 is 0 Å². The van der Waals surface area contributed by atoms with Crippen LogP contribution in [0.1, 0.15) is 12.8 Å². The summed E-state index contributed by atoms with van der Waals surface area (Å²) in [7, 11) is 0. The van der Waals surface area contributed by atoms with Crippen LogP contribution in [-0.2, 0) is 4.74 Å². The minimum atomic E-state index is -0.147. The standard InChI is InChI=1S/C14H15BrN2O3/c15-11-3-4-12-16-13(6-14(18)17(12)7-11)20-9-10-2-1-5-19-8-10/h3-4,6-7,10H,1-2,5,8-9H2. The fourth-order valence-corrected chi connectivity index (χ4v) is 2.61. The third kappa shape index (κ3) is 3.02. The van der Waals surface area contributed by atoms with E-state index in [2.05, 4.69) is 20.9 Å². The first kappa shape index (κ1) is 13.6. The highest BCUT2D eigenvalue weighted by molar-refractivity contribution is 9.10. The molecule has 1 saturated heterocycles. The maximum atomic E-state index is 12.0. The van der Waals surface area contributed by atoms with E-state index in [1.54, 1.807) is 12.3 Å². The van der Waals surface area contributed by atoms with Crippen LogP contribution in [0.25, 0.3) is 5.65 Å². The molecule has 3 heterocycles. The minimum Gasteiger partial charge on any atom is -0.477 e. The van der Waals surface area contributed by atoms with Crippen molar-refractivity contribution in [2.45, 2.75) is 12.8 Å². The second kappa shape index (κ2) is 5.93. The Balaban J connectivity index is 1.78. The van der Waals surface area contributed by atoms with Gasteiger partial charge in [0.05, 0.1) is 19.3 Å². The van der Waals surface area contributed by atoms with E-state index in [0.29, 0.717) is 24.1 Å². The van der Waals surface area contributed by atoms with Gasteiger partial charge in [0.2, 0.25) is 5.88 Å². The maximum Gasteiger partial charge on any atom is 0.261 e. The molecule has 6 heteroatoms. The van der Waals surface area contributed by atoms with Gasteiger partial charge in [-0.25, -0.2) is 0 Å². The number of rotatable bonds is 3. The lowest BCUT2D eigenvalue weighted by atomic mass is 10.0. The summed E-state index contributed by atoms with van der Waals surface area (Å²) in [5.41, 5.74) is 0.432. The highest BCUT2D eigenvalue weighted by Crippen LogP contribution is 2.16. The number of halogens is 1. The third-order valence-electron chi connectivity index (χ3n) is 3.32. The summed E-state index contributed by atoms with van der Waals surface area (Å²) < 4.78 is 13.4. The van der Waals surface area contributed by atoms with Gasteiger partial charge in [-0.3, -0.25) is 9.20 Å². The number of pyridine rings is 1. The molecule has 0 spiro atoms. The molecular weight excluding hydrogens is 324 g/mol. The smallest absolute Gasteiger partial charge is 0.261 e. The summed E-state index contributed by atoms with van der Waals surface area (Å²) in [4.78, 5) is 16.3. The number of fused-ring (bicyclic) bond motifs is 1. The fourth-order valence-electron chi connectivity index (χ4n) is 2.27. The maximum absolute atomic E-state index is 12.0. The number of nitrogens with zero attached hydrogens (tertiary/aromatic N) is 2. The number of ether oxygens (including phenoxy) is 2. The Labute approximate surface area is 124 Å². The van der Waals surface area contributed by atoms with Gasteiger partial charge in [-0.15, -0.1) is 0 Å². The lowest BCUT2D eigenvalue weighted by Crippen LogP contribution is -2.24. The Hall–Kier alpha value is -1.40. The van der Waals surface area contributed by atoms with Crippen molar-refractivity contribution in [2.24, 2.45) is 5.92 Å². The summed E-state index contributed by atoms with van der Waals surface area (Å²) in [6.07, 6.45) is 3.86. The zero-order valence-corrected chi connectivity index (χ0v) is 12.5. The van der Waals surface area contributed by atoms with Gasteiger partial charge in [0.25, 0.3) is 5.56 Å². The first-order chi connectivity index (χ1) is 9.72.